The second-order valence-corrected chi connectivity index (χ2v) is 6.69. The van der Waals surface area contributed by atoms with Gasteiger partial charge in [0, 0.05) is 29.9 Å². The Kier molecular flexibility index (Phi) is 7.55. The van der Waals surface area contributed by atoms with E-state index in [1.165, 1.54) is 0 Å². The number of hydrogen-bond acceptors (Lipinski definition) is 3. The lowest BCUT2D eigenvalue weighted by Gasteiger charge is -2.18. The number of hydrogen-bond donors (Lipinski definition) is 2. The average molecular weight is 367 g/mol. The maximum absolute atomic E-state index is 12.4. The van der Waals surface area contributed by atoms with E-state index in [-0.39, 0.29) is 11.8 Å². The van der Waals surface area contributed by atoms with Crippen molar-refractivity contribution in [2.24, 2.45) is 0 Å². The summed E-state index contributed by atoms with van der Waals surface area (Å²) in [5.41, 5.74) is 3.98. The maximum Gasteiger partial charge on any atom is 0.255 e. The molecule has 2 aromatic rings. The van der Waals surface area contributed by atoms with Crippen LogP contribution in [0.15, 0.2) is 42.5 Å². The minimum Gasteiger partial charge on any atom is -0.351 e. The Balaban J connectivity index is 1.92. The second kappa shape index (κ2) is 9.88. The van der Waals surface area contributed by atoms with Crippen LogP contribution in [0.25, 0.3) is 0 Å². The number of carbonyl (C=O) groups excluding carboxylic acids is 2. The summed E-state index contributed by atoms with van der Waals surface area (Å²) in [6.45, 7) is 11.6. The molecule has 144 valence electrons. The predicted octanol–water partition coefficient (Wildman–Crippen LogP) is 3.63. The number of benzene rings is 2. The van der Waals surface area contributed by atoms with E-state index in [9.17, 15) is 9.59 Å². The van der Waals surface area contributed by atoms with Crippen LogP contribution in [0.3, 0.4) is 0 Å². The molecule has 2 amide bonds. The van der Waals surface area contributed by atoms with Crippen molar-refractivity contribution in [1.29, 1.82) is 0 Å². The highest BCUT2D eigenvalue weighted by Gasteiger charge is 2.09. The van der Waals surface area contributed by atoms with Crippen molar-refractivity contribution >= 4 is 17.5 Å². The van der Waals surface area contributed by atoms with Gasteiger partial charge in [-0.1, -0.05) is 31.0 Å². The first kappa shape index (κ1) is 20.6. The van der Waals surface area contributed by atoms with Gasteiger partial charge in [-0.05, 0) is 63.3 Å². The number of anilines is 1. The van der Waals surface area contributed by atoms with Crippen molar-refractivity contribution in [2.75, 3.05) is 31.5 Å². The summed E-state index contributed by atoms with van der Waals surface area (Å²) in [6, 6.07) is 12.7. The Morgan fingerprint density at radius 2 is 1.44 bits per heavy atom. The molecule has 0 heterocycles. The van der Waals surface area contributed by atoms with E-state index in [0.29, 0.717) is 23.4 Å². The first-order valence-electron chi connectivity index (χ1n) is 9.43. The molecule has 0 radical (unpaired) electrons. The Hall–Kier alpha value is -2.66. The van der Waals surface area contributed by atoms with E-state index in [1.54, 1.807) is 24.3 Å². The molecule has 0 spiro atoms. The topological polar surface area (TPSA) is 61.4 Å². The largest absolute Gasteiger partial charge is 0.351 e. The fourth-order valence-electron chi connectivity index (χ4n) is 2.98. The monoisotopic (exact) mass is 367 g/mol. The summed E-state index contributed by atoms with van der Waals surface area (Å²) in [7, 11) is 0. The third-order valence-electron chi connectivity index (χ3n) is 4.50. The van der Waals surface area contributed by atoms with Crippen LogP contribution in [0.4, 0.5) is 5.69 Å². The maximum atomic E-state index is 12.4. The van der Waals surface area contributed by atoms with Gasteiger partial charge in [0.25, 0.3) is 11.8 Å². The Bertz CT molecular complexity index is 760. The molecule has 0 aliphatic heterocycles. The zero-order valence-electron chi connectivity index (χ0n) is 16.6. The average Bonchev–Trinajstić information content (AvgIpc) is 2.65. The summed E-state index contributed by atoms with van der Waals surface area (Å²) in [6.07, 6.45) is 0. The van der Waals surface area contributed by atoms with Crippen LogP contribution < -0.4 is 10.6 Å². The molecular formula is C22H29N3O2. The van der Waals surface area contributed by atoms with Gasteiger partial charge in [-0.25, -0.2) is 0 Å². The highest BCUT2D eigenvalue weighted by Crippen LogP contribution is 2.14. The molecule has 2 rings (SSSR count). The fraction of sp³-hybridized carbons (Fsp3) is 0.364. The van der Waals surface area contributed by atoms with Crippen molar-refractivity contribution in [1.82, 2.24) is 10.2 Å². The molecule has 2 aromatic carbocycles. The van der Waals surface area contributed by atoms with Gasteiger partial charge in [-0.15, -0.1) is 0 Å². The summed E-state index contributed by atoms with van der Waals surface area (Å²) in [5, 5.41) is 5.80. The van der Waals surface area contributed by atoms with Crippen LogP contribution in [0.1, 0.15) is 45.7 Å². The molecule has 0 saturated carbocycles. The molecule has 0 atom stereocenters. The number of carbonyl (C=O) groups is 2. The van der Waals surface area contributed by atoms with Crippen LogP contribution in [0.5, 0.6) is 0 Å². The molecule has 0 bridgehead atoms. The highest BCUT2D eigenvalue weighted by molar-refractivity contribution is 6.04. The molecule has 0 fully saturated rings. The number of nitrogens with one attached hydrogen (secondary N) is 2. The minimum absolute atomic E-state index is 0.102. The van der Waals surface area contributed by atoms with Crippen LogP contribution in [-0.4, -0.2) is 42.9 Å². The minimum atomic E-state index is -0.154. The number of amides is 2. The molecule has 27 heavy (non-hydrogen) atoms. The number of nitrogens with zero attached hydrogens (tertiary/aromatic N) is 1. The molecule has 0 aliphatic rings. The molecule has 0 aliphatic carbocycles. The lowest BCUT2D eigenvalue weighted by atomic mass is 10.1. The van der Waals surface area contributed by atoms with Crippen LogP contribution in [-0.2, 0) is 0 Å². The van der Waals surface area contributed by atoms with Gasteiger partial charge >= 0.3 is 0 Å². The van der Waals surface area contributed by atoms with E-state index < -0.39 is 0 Å². The zero-order chi connectivity index (χ0) is 19.8. The van der Waals surface area contributed by atoms with Gasteiger partial charge in [0.2, 0.25) is 0 Å². The zero-order valence-corrected chi connectivity index (χ0v) is 16.6. The van der Waals surface area contributed by atoms with E-state index in [0.717, 1.165) is 30.8 Å². The quantitative estimate of drug-likeness (QED) is 0.749. The summed E-state index contributed by atoms with van der Waals surface area (Å²) in [4.78, 5) is 26.9. The van der Waals surface area contributed by atoms with Gasteiger partial charge in [0.15, 0.2) is 0 Å². The third kappa shape index (κ3) is 6.22. The van der Waals surface area contributed by atoms with Gasteiger partial charge < -0.3 is 15.5 Å². The van der Waals surface area contributed by atoms with E-state index in [1.807, 2.05) is 32.0 Å². The number of rotatable bonds is 8. The van der Waals surface area contributed by atoms with Crippen molar-refractivity contribution in [3.05, 3.63) is 64.7 Å². The molecule has 5 heteroatoms. The summed E-state index contributed by atoms with van der Waals surface area (Å²) < 4.78 is 0. The molecular weight excluding hydrogens is 338 g/mol. The molecule has 0 saturated heterocycles. The van der Waals surface area contributed by atoms with E-state index in [4.69, 9.17) is 0 Å². The number of likely N-dealkylation sites (N-methyl/N-ethyl adjacent to an activating group) is 1. The standard InChI is InChI=1S/C22H29N3O2/c1-5-25(6-2)12-11-23-21(26)18-7-9-20(10-8-18)24-22(27)19-14-16(3)13-17(4)15-19/h7-10,13-15H,5-6,11-12H2,1-4H3,(H,23,26)(H,24,27). The Morgan fingerprint density at radius 3 is 2.00 bits per heavy atom. The summed E-state index contributed by atoms with van der Waals surface area (Å²) in [5.74, 6) is -0.257. The van der Waals surface area contributed by atoms with Crippen molar-refractivity contribution in [3.8, 4) is 0 Å². The Morgan fingerprint density at radius 1 is 0.852 bits per heavy atom. The predicted molar refractivity (Wildman–Crippen MR) is 110 cm³/mol. The Labute approximate surface area is 161 Å². The molecule has 0 unspecified atom stereocenters. The van der Waals surface area contributed by atoms with Crippen molar-refractivity contribution in [2.45, 2.75) is 27.7 Å². The van der Waals surface area contributed by atoms with E-state index >= 15 is 0 Å². The van der Waals surface area contributed by atoms with Gasteiger partial charge in [0.1, 0.15) is 0 Å². The van der Waals surface area contributed by atoms with Crippen LogP contribution >= 0.6 is 0 Å². The van der Waals surface area contributed by atoms with Gasteiger partial charge in [-0.3, -0.25) is 9.59 Å². The highest BCUT2D eigenvalue weighted by atomic mass is 16.2. The lowest BCUT2D eigenvalue weighted by Crippen LogP contribution is -2.34. The van der Waals surface area contributed by atoms with Gasteiger partial charge in [-0.2, -0.15) is 0 Å². The molecule has 5 nitrogen and oxygen atoms in total. The van der Waals surface area contributed by atoms with E-state index in [2.05, 4.69) is 29.4 Å². The molecule has 2 N–H and O–H groups in total. The fourth-order valence-corrected chi connectivity index (χ4v) is 2.98. The van der Waals surface area contributed by atoms with Crippen molar-refractivity contribution < 1.29 is 9.59 Å². The normalized spacial score (nSPS) is 10.7. The molecule has 0 aromatic heterocycles. The second-order valence-electron chi connectivity index (χ2n) is 6.69. The van der Waals surface area contributed by atoms with Gasteiger partial charge in [0.05, 0.1) is 0 Å². The first-order valence-corrected chi connectivity index (χ1v) is 9.43. The van der Waals surface area contributed by atoms with Crippen LogP contribution in [0.2, 0.25) is 0 Å². The SMILES string of the molecule is CCN(CC)CCNC(=O)c1ccc(NC(=O)c2cc(C)cc(C)c2)cc1. The third-order valence-corrected chi connectivity index (χ3v) is 4.50. The first-order chi connectivity index (χ1) is 12.9. The lowest BCUT2D eigenvalue weighted by molar-refractivity contribution is 0.0948. The smallest absolute Gasteiger partial charge is 0.255 e. The van der Waals surface area contributed by atoms with Crippen molar-refractivity contribution in [3.63, 3.8) is 0 Å². The number of aryl methyl sites for hydroxylation is 2. The summed E-state index contributed by atoms with van der Waals surface area (Å²) >= 11 is 0. The van der Waals surface area contributed by atoms with Crippen LogP contribution in [0, 0.1) is 13.8 Å².